The minimum Gasteiger partial charge on any atom is -0.352 e. The average molecular weight is 367 g/mol. The van der Waals surface area contributed by atoms with Gasteiger partial charge in [-0.15, -0.1) is 0 Å². The van der Waals surface area contributed by atoms with Crippen molar-refractivity contribution >= 4 is 11.9 Å². The smallest absolute Gasteiger partial charge is 0.253 e. The Balaban J connectivity index is 1.89. The molecule has 0 fully saturated rings. The maximum atomic E-state index is 12.4. The second-order valence-electron chi connectivity index (χ2n) is 6.38. The van der Waals surface area contributed by atoms with Crippen LogP contribution in [-0.2, 0) is 13.1 Å². The summed E-state index contributed by atoms with van der Waals surface area (Å²) in [6, 6.07) is 16.1. The van der Waals surface area contributed by atoms with Crippen LogP contribution in [0.4, 0.5) is 0 Å². The number of rotatable bonds is 7. The lowest BCUT2D eigenvalue weighted by Gasteiger charge is -2.18. The molecule has 0 saturated heterocycles. The van der Waals surface area contributed by atoms with E-state index in [9.17, 15) is 4.79 Å². The summed E-state index contributed by atoms with van der Waals surface area (Å²) in [7, 11) is 1.76. The Labute approximate surface area is 162 Å². The van der Waals surface area contributed by atoms with Gasteiger partial charge < -0.3 is 15.5 Å². The van der Waals surface area contributed by atoms with Crippen molar-refractivity contribution in [3.05, 3.63) is 70.8 Å². The Kier molecular flexibility index (Phi) is 7.86. The molecule has 144 valence electrons. The fraction of sp³-hybridized carbons (Fsp3) is 0.364. The Bertz CT molecular complexity index is 764. The van der Waals surface area contributed by atoms with Crippen LogP contribution < -0.4 is 10.6 Å². The monoisotopic (exact) mass is 366 g/mol. The summed E-state index contributed by atoms with van der Waals surface area (Å²) >= 11 is 0. The number of amides is 1. The van der Waals surface area contributed by atoms with Crippen LogP contribution in [0.1, 0.15) is 40.9 Å². The number of guanidine groups is 1. The number of aryl methyl sites for hydroxylation is 1. The van der Waals surface area contributed by atoms with Crippen molar-refractivity contribution < 1.29 is 4.79 Å². The van der Waals surface area contributed by atoms with Crippen LogP contribution in [0.3, 0.4) is 0 Å². The first-order valence-corrected chi connectivity index (χ1v) is 9.46. The molecule has 0 spiro atoms. The maximum Gasteiger partial charge on any atom is 0.253 e. The molecule has 0 aliphatic heterocycles. The number of nitrogens with zero attached hydrogens (tertiary/aromatic N) is 2. The second-order valence-corrected chi connectivity index (χ2v) is 6.38. The zero-order valence-corrected chi connectivity index (χ0v) is 16.7. The van der Waals surface area contributed by atoms with Crippen molar-refractivity contribution in [1.29, 1.82) is 0 Å². The third kappa shape index (κ3) is 5.84. The standard InChI is InChI=1S/C22H30N4O/c1-5-26(6-2)21(27)19-13-11-18(12-14-19)15-24-22(23-4)25-16-20-10-8-7-9-17(20)3/h7-14H,5-6,15-16H2,1-4H3,(H2,23,24,25). The molecular formula is C22H30N4O. The number of hydrogen-bond acceptors (Lipinski definition) is 2. The summed E-state index contributed by atoms with van der Waals surface area (Å²) in [5.74, 6) is 0.830. The van der Waals surface area contributed by atoms with Crippen molar-refractivity contribution in [2.24, 2.45) is 4.99 Å². The highest BCUT2D eigenvalue weighted by atomic mass is 16.2. The van der Waals surface area contributed by atoms with E-state index >= 15 is 0 Å². The minimum absolute atomic E-state index is 0.0789. The molecule has 0 bridgehead atoms. The lowest BCUT2D eigenvalue weighted by molar-refractivity contribution is 0.0773. The van der Waals surface area contributed by atoms with Crippen LogP contribution in [0, 0.1) is 6.92 Å². The van der Waals surface area contributed by atoms with Crippen molar-refractivity contribution in [1.82, 2.24) is 15.5 Å². The van der Waals surface area contributed by atoms with Gasteiger partial charge in [0.1, 0.15) is 0 Å². The molecule has 27 heavy (non-hydrogen) atoms. The highest BCUT2D eigenvalue weighted by molar-refractivity contribution is 5.94. The quantitative estimate of drug-likeness (QED) is 0.584. The predicted molar refractivity (Wildman–Crippen MR) is 112 cm³/mol. The number of hydrogen-bond donors (Lipinski definition) is 2. The summed E-state index contributed by atoms with van der Waals surface area (Å²) in [4.78, 5) is 18.5. The van der Waals surface area contributed by atoms with Gasteiger partial charge in [-0.1, -0.05) is 36.4 Å². The highest BCUT2D eigenvalue weighted by Crippen LogP contribution is 2.08. The molecule has 0 aromatic heterocycles. The number of aliphatic imine (C=N–C) groups is 1. The molecule has 0 heterocycles. The summed E-state index contributed by atoms with van der Waals surface area (Å²) in [6.07, 6.45) is 0. The van der Waals surface area contributed by atoms with Gasteiger partial charge in [-0.3, -0.25) is 9.79 Å². The highest BCUT2D eigenvalue weighted by Gasteiger charge is 2.11. The molecular weight excluding hydrogens is 336 g/mol. The lowest BCUT2D eigenvalue weighted by atomic mass is 10.1. The number of carbonyl (C=O) groups excluding carboxylic acids is 1. The molecule has 5 heteroatoms. The summed E-state index contributed by atoms with van der Waals surface area (Å²) in [5, 5.41) is 6.65. The molecule has 1 amide bonds. The van der Waals surface area contributed by atoms with E-state index in [-0.39, 0.29) is 5.91 Å². The van der Waals surface area contributed by atoms with Gasteiger partial charge >= 0.3 is 0 Å². The van der Waals surface area contributed by atoms with Gasteiger partial charge in [-0.2, -0.15) is 0 Å². The predicted octanol–water partition coefficient (Wildman–Crippen LogP) is 3.34. The molecule has 0 aliphatic carbocycles. The number of benzene rings is 2. The summed E-state index contributed by atoms with van der Waals surface area (Å²) in [6.45, 7) is 8.92. The molecule has 0 atom stereocenters. The van der Waals surface area contributed by atoms with Crippen molar-refractivity contribution in [3.63, 3.8) is 0 Å². The first-order chi connectivity index (χ1) is 13.1. The van der Waals surface area contributed by atoms with Gasteiger partial charge in [0.05, 0.1) is 0 Å². The van der Waals surface area contributed by atoms with E-state index in [0.29, 0.717) is 6.54 Å². The Morgan fingerprint density at radius 2 is 1.59 bits per heavy atom. The fourth-order valence-corrected chi connectivity index (χ4v) is 2.85. The Hall–Kier alpha value is -2.82. The topological polar surface area (TPSA) is 56.7 Å². The summed E-state index contributed by atoms with van der Waals surface area (Å²) < 4.78 is 0. The molecule has 0 aliphatic rings. The molecule has 0 radical (unpaired) electrons. The van der Waals surface area contributed by atoms with Crippen LogP contribution in [-0.4, -0.2) is 36.9 Å². The molecule has 2 aromatic carbocycles. The van der Waals surface area contributed by atoms with Gasteiger partial charge in [0.2, 0.25) is 0 Å². The molecule has 2 N–H and O–H groups in total. The maximum absolute atomic E-state index is 12.4. The van der Waals surface area contributed by atoms with E-state index in [2.05, 4.69) is 34.7 Å². The molecule has 0 unspecified atom stereocenters. The van der Waals surface area contributed by atoms with E-state index in [0.717, 1.165) is 36.7 Å². The first-order valence-electron chi connectivity index (χ1n) is 9.46. The van der Waals surface area contributed by atoms with Gasteiger partial charge in [-0.25, -0.2) is 0 Å². The SMILES string of the molecule is CCN(CC)C(=O)c1ccc(CNC(=NC)NCc2ccccc2C)cc1. The molecule has 2 aromatic rings. The zero-order valence-electron chi connectivity index (χ0n) is 16.7. The van der Waals surface area contributed by atoms with E-state index in [1.54, 1.807) is 7.05 Å². The zero-order chi connectivity index (χ0) is 19.6. The first kappa shape index (κ1) is 20.5. The third-order valence-electron chi connectivity index (χ3n) is 4.64. The van der Waals surface area contributed by atoms with Gasteiger partial charge in [-0.05, 0) is 49.6 Å². The van der Waals surface area contributed by atoms with Crippen LogP contribution in [0.25, 0.3) is 0 Å². The van der Waals surface area contributed by atoms with Crippen LogP contribution in [0.5, 0.6) is 0 Å². The second kappa shape index (κ2) is 10.4. The van der Waals surface area contributed by atoms with Crippen molar-refractivity contribution in [2.75, 3.05) is 20.1 Å². The van der Waals surface area contributed by atoms with Crippen molar-refractivity contribution in [3.8, 4) is 0 Å². The van der Waals surface area contributed by atoms with Gasteiger partial charge in [0.25, 0.3) is 5.91 Å². The Morgan fingerprint density at radius 1 is 0.963 bits per heavy atom. The largest absolute Gasteiger partial charge is 0.352 e. The van der Waals surface area contributed by atoms with E-state index in [4.69, 9.17) is 0 Å². The fourth-order valence-electron chi connectivity index (χ4n) is 2.85. The Morgan fingerprint density at radius 3 is 2.19 bits per heavy atom. The van der Waals surface area contributed by atoms with E-state index in [1.165, 1.54) is 11.1 Å². The van der Waals surface area contributed by atoms with Crippen LogP contribution in [0.15, 0.2) is 53.5 Å². The van der Waals surface area contributed by atoms with E-state index in [1.807, 2.05) is 55.1 Å². The average Bonchev–Trinajstić information content (AvgIpc) is 2.70. The van der Waals surface area contributed by atoms with Crippen LogP contribution >= 0.6 is 0 Å². The third-order valence-corrected chi connectivity index (χ3v) is 4.64. The molecule has 5 nitrogen and oxygen atoms in total. The lowest BCUT2D eigenvalue weighted by Crippen LogP contribution is -2.36. The molecule has 0 saturated carbocycles. The molecule has 2 rings (SSSR count). The van der Waals surface area contributed by atoms with Crippen molar-refractivity contribution in [2.45, 2.75) is 33.9 Å². The van der Waals surface area contributed by atoms with Gasteiger partial charge in [0, 0.05) is 38.8 Å². The minimum atomic E-state index is 0.0789. The number of nitrogens with one attached hydrogen (secondary N) is 2. The van der Waals surface area contributed by atoms with Crippen LogP contribution in [0.2, 0.25) is 0 Å². The van der Waals surface area contributed by atoms with Gasteiger partial charge in [0.15, 0.2) is 5.96 Å². The normalized spacial score (nSPS) is 11.2. The number of carbonyl (C=O) groups is 1. The van der Waals surface area contributed by atoms with E-state index < -0.39 is 0 Å². The summed E-state index contributed by atoms with van der Waals surface area (Å²) in [5.41, 5.74) is 4.34.